The molecule has 0 saturated heterocycles. The molecule has 2 N–H and O–H groups in total. The Morgan fingerprint density at radius 2 is 1.73 bits per heavy atom. The number of nitrogens with zero attached hydrogens (tertiary/aromatic N) is 1. The Hall–Kier alpha value is -4.17. The molecule has 1 saturated carbocycles. The molecule has 8 heteroatoms. The number of ether oxygens (including phenoxy) is 2. The van der Waals surface area contributed by atoms with Gasteiger partial charge in [0.25, 0.3) is 0 Å². The van der Waals surface area contributed by atoms with E-state index in [0.717, 1.165) is 48.1 Å². The zero-order valence-electron chi connectivity index (χ0n) is 23.4. The average molecular weight is 556 g/mol. The molecule has 214 valence electrons. The third-order valence-corrected chi connectivity index (χ3v) is 7.51. The molecule has 1 unspecified atom stereocenters. The highest BCUT2D eigenvalue weighted by molar-refractivity contribution is 6.03. The van der Waals surface area contributed by atoms with E-state index in [9.17, 15) is 9.59 Å². The lowest BCUT2D eigenvalue weighted by Gasteiger charge is -2.23. The van der Waals surface area contributed by atoms with Gasteiger partial charge in [0.15, 0.2) is 11.4 Å². The Labute approximate surface area is 240 Å². The normalized spacial score (nSPS) is 14.5. The molecule has 41 heavy (non-hydrogen) atoms. The summed E-state index contributed by atoms with van der Waals surface area (Å²) >= 11 is 0. The summed E-state index contributed by atoms with van der Waals surface area (Å²) in [6.07, 6.45) is 5.63. The summed E-state index contributed by atoms with van der Waals surface area (Å²) in [5, 5.41) is 6.58. The van der Waals surface area contributed by atoms with Crippen molar-refractivity contribution < 1.29 is 23.5 Å². The molecule has 1 aliphatic carbocycles. The zero-order chi connectivity index (χ0) is 28.4. The van der Waals surface area contributed by atoms with E-state index in [4.69, 9.17) is 13.9 Å². The van der Waals surface area contributed by atoms with Crippen molar-refractivity contribution >= 4 is 28.5 Å². The number of esters is 1. The van der Waals surface area contributed by atoms with E-state index in [2.05, 4.69) is 15.6 Å². The van der Waals surface area contributed by atoms with E-state index in [1.807, 2.05) is 72.8 Å². The smallest absolute Gasteiger partial charge is 0.328 e. The summed E-state index contributed by atoms with van der Waals surface area (Å²) in [6, 6.07) is 22.2. The van der Waals surface area contributed by atoms with E-state index < -0.39 is 6.04 Å². The van der Waals surface area contributed by atoms with Crippen LogP contribution in [0.4, 0.5) is 5.69 Å². The van der Waals surface area contributed by atoms with Gasteiger partial charge in [-0.25, -0.2) is 9.78 Å². The highest BCUT2D eigenvalue weighted by atomic mass is 16.5. The predicted molar refractivity (Wildman–Crippen MR) is 158 cm³/mol. The van der Waals surface area contributed by atoms with Crippen LogP contribution >= 0.6 is 0 Å². The lowest BCUT2D eigenvalue weighted by Crippen LogP contribution is -2.33. The number of Topliss-reactive ketones (excluding diaryl/α,β-unsaturated/α-hetero) is 1. The van der Waals surface area contributed by atoms with Crippen LogP contribution in [0.2, 0.25) is 0 Å². The fourth-order valence-corrected chi connectivity index (χ4v) is 5.32. The molecule has 4 aromatic rings. The number of carbonyl (C=O) groups is 2. The first-order valence-corrected chi connectivity index (χ1v) is 14.3. The van der Waals surface area contributed by atoms with Crippen molar-refractivity contribution in [3.8, 4) is 5.75 Å². The minimum atomic E-state index is -0.636. The standard InChI is InChI=1S/C33H37N3O5/c1-39-33(38)29(35-27-12-6-5-11-26(27)32(37)24-9-3-2-4-10-24)21-23-15-17-25(18-16-23)40-20-19-34-22-31-36-28-13-7-8-14-30(28)41-31/h5-8,11-18,24,29,34-35H,2-4,9-10,19-22H2,1H3. The molecule has 0 bridgehead atoms. The fourth-order valence-electron chi connectivity index (χ4n) is 5.32. The largest absolute Gasteiger partial charge is 0.492 e. The second-order valence-corrected chi connectivity index (χ2v) is 10.4. The van der Waals surface area contributed by atoms with Crippen molar-refractivity contribution in [3.63, 3.8) is 0 Å². The Balaban J connectivity index is 1.13. The van der Waals surface area contributed by atoms with Crippen molar-refractivity contribution in [3.05, 3.63) is 89.8 Å². The number of oxazole rings is 1. The summed E-state index contributed by atoms with van der Waals surface area (Å²) in [6.45, 7) is 1.64. The third-order valence-electron chi connectivity index (χ3n) is 7.51. The Morgan fingerprint density at radius 3 is 2.51 bits per heavy atom. The Bertz CT molecular complexity index is 1410. The fraction of sp³-hybridized carbons (Fsp3) is 0.364. The molecule has 1 aromatic heterocycles. The van der Waals surface area contributed by atoms with Crippen molar-refractivity contribution in [2.45, 2.75) is 51.1 Å². The number of ketones is 1. The molecule has 8 nitrogen and oxygen atoms in total. The number of nitrogens with one attached hydrogen (secondary N) is 2. The molecule has 5 rings (SSSR count). The molecule has 0 spiro atoms. The van der Waals surface area contributed by atoms with Gasteiger partial charge >= 0.3 is 5.97 Å². The van der Waals surface area contributed by atoms with Gasteiger partial charge in [0, 0.05) is 30.1 Å². The van der Waals surface area contributed by atoms with E-state index in [0.29, 0.717) is 43.3 Å². The van der Waals surface area contributed by atoms with Crippen LogP contribution in [0.25, 0.3) is 11.1 Å². The van der Waals surface area contributed by atoms with Gasteiger partial charge < -0.3 is 24.5 Å². The number of methoxy groups -OCH3 is 1. The number of para-hydroxylation sites is 3. The van der Waals surface area contributed by atoms with Crippen LogP contribution in [-0.4, -0.2) is 43.0 Å². The molecular formula is C33H37N3O5. The van der Waals surface area contributed by atoms with Crippen LogP contribution in [0.5, 0.6) is 5.75 Å². The zero-order valence-corrected chi connectivity index (χ0v) is 23.4. The first-order valence-electron chi connectivity index (χ1n) is 14.3. The molecule has 0 amide bonds. The summed E-state index contributed by atoms with van der Waals surface area (Å²) in [7, 11) is 1.38. The van der Waals surface area contributed by atoms with Crippen LogP contribution in [0, 0.1) is 5.92 Å². The van der Waals surface area contributed by atoms with Crippen molar-refractivity contribution in [2.75, 3.05) is 25.6 Å². The number of rotatable bonds is 13. The lowest BCUT2D eigenvalue weighted by molar-refractivity contribution is -0.141. The van der Waals surface area contributed by atoms with Crippen molar-refractivity contribution in [2.24, 2.45) is 5.92 Å². The minimum Gasteiger partial charge on any atom is -0.492 e. The van der Waals surface area contributed by atoms with Crippen molar-refractivity contribution in [1.29, 1.82) is 0 Å². The average Bonchev–Trinajstić information content (AvgIpc) is 3.44. The molecule has 1 aliphatic rings. The van der Waals surface area contributed by atoms with Crippen molar-refractivity contribution in [1.82, 2.24) is 10.3 Å². The Kier molecular flexibility index (Phi) is 9.65. The van der Waals surface area contributed by atoms with Gasteiger partial charge in [-0.05, 0) is 54.8 Å². The van der Waals surface area contributed by atoms with Gasteiger partial charge in [0.2, 0.25) is 5.89 Å². The third kappa shape index (κ3) is 7.52. The number of hydrogen-bond donors (Lipinski definition) is 2. The number of anilines is 1. The molecule has 0 radical (unpaired) electrons. The van der Waals surface area contributed by atoms with Gasteiger partial charge in [-0.2, -0.15) is 0 Å². The summed E-state index contributed by atoms with van der Waals surface area (Å²) < 4.78 is 16.7. The predicted octanol–water partition coefficient (Wildman–Crippen LogP) is 5.96. The SMILES string of the molecule is COC(=O)C(Cc1ccc(OCCNCc2nc3ccccc3o2)cc1)Nc1ccccc1C(=O)C1CCCCC1. The summed E-state index contributed by atoms with van der Waals surface area (Å²) in [5.41, 5.74) is 3.89. The van der Waals surface area contributed by atoms with E-state index in [1.165, 1.54) is 13.5 Å². The number of fused-ring (bicyclic) bond motifs is 1. The first kappa shape index (κ1) is 28.4. The quantitative estimate of drug-likeness (QED) is 0.118. The topological polar surface area (TPSA) is 103 Å². The second-order valence-electron chi connectivity index (χ2n) is 10.4. The van der Waals surface area contributed by atoms with Gasteiger partial charge in [-0.15, -0.1) is 0 Å². The molecule has 1 heterocycles. The van der Waals surface area contributed by atoms with Gasteiger partial charge in [-0.3, -0.25) is 4.79 Å². The molecule has 1 atom stereocenters. The Morgan fingerprint density at radius 1 is 0.976 bits per heavy atom. The van der Waals surface area contributed by atoms with Crippen LogP contribution in [0.1, 0.15) is 53.9 Å². The second kappa shape index (κ2) is 13.9. The number of carbonyl (C=O) groups excluding carboxylic acids is 2. The summed E-state index contributed by atoms with van der Waals surface area (Å²) in [5.74, 6) is 1.21. The molecule has 0 aliphatic heterocycles. The lowest BCUT2D eigenvalue weighted by atomic mass is 9.83. The number of benzene rings is 3. The minimum absolute atomic E-state index is 0.0490. The van der Waals surface area contributed by atoms with Gasteiger partial charge in [0.1, 0.15) is 23.9 Å². The molecule has 3 aromatic carbocycles. The van der Waals surface area contributed by atoms with Crippen LogP contribution in [0.3, 0.4) is 0 Å². The van der Waals surface area contributed by atoms with E-state index in [-0.39, 0.29) is 17.7 Å². The summed E-state index contributed by atoms with van der Waals surface area (Å²) in [4.78, 5) is 30.5. The first-order chi connectivity index (χ1) is 20.1. The number of hydrogen-bond acceptors (Lipinski definition) is 8. The van der Waals surface area contributed by atoms with E-state index >= 15 is 0 Å². The van der Waals surface area contributed by atoms with Gasteiger partial charge in [0.05, 0.1) is 13.7 Å². The maximum atomic E-state index is 13.3. The van der Waals surface area contributed by atoms with Crippen LogP contribution < -0.4 is 15.4 Å². The van der Waals surface area contributed by atoms with Gasteiger partial charge in [-0.1, -0.05) is 55.7 Å². The maximum absolute atomic E-state index is 13.3. The van der Waals surface area contributed by atoms with Crippen LogP contribution in [-0.2, 0) is 22.5 Å². The van der Waals surface area contributed by atoms with Crippen LogP contribution in [0.15, 0.2) is 77.2 Å². The van der Waals surface area contributed by atoms with E-state index in [1.54, 1.807) is 0 Å². The number of aromatic nitrogens is 1. The highest BCUT2D eigenvalue weighted by Gasteiger charge is 2.26. The molecular weight excluding hydrogens is 518 g/mol. The monoisotopic (exact) mass is 555 g/mol. The maximum Gasteiger partial charge on any atom is 0.328 e. The molecule has 1 fully saturated rings. The highest BCUT2D eigenvalue weighted by Crippen LogP contribution is 2.30.